The Morgan fingerprint density at radius 3 is 3.07 bits per heavy atom. The number of hydrogen-bond acceptors (Lipinski definition) is 4. The molecule has 0 radical (unpaired) electrons. The third-order valence-electron chi connectivity index (χ3n) is 2.15. The molecule has 3 rings (SSSR count). The van der Waals surface area contributed by atoms with Gasteiger partial charge in [0.1, 0.15) is 0 Å². The summed E-state index contributed by atoms with van der Waals surface area (Å²) in [7, 11) is 0. The number of furan rings is 1. The van der Waals surface area contributed by atoms with Crippen LogP contribution in [0.5, 0.6) is 0 Å². The molecule has 0 saturated heterocycles. The molecule has 6 heteroatoms. The van der Waals surface area contributed by atoms with Gasteiger partial charge in [0.05, 0.1) is 23.4 Å². The van der Waals surface area contributed by atoms with Crippen LogP contribution in [-0.4, -0.2) is 20.4 Å². The predicted octanol–water partition coefficient (Wildman–Crippen LogP) is 0.906. The quantitative estimate of drug-likeness (QED) is 0.613. The highest BCUT2D eigenvalue weighted by atomic mass is 16.3. The number of nitrogens with one attached hydrogen (secondary N) is 2. The maximum atomic E-state index is 11.3. The second kappa shape index (κ2) is 2.81. The van der Waals surface area contributed by atoms with E-state index < -0.39 is 0 Å². The number of H-pyrrole nitrogens is 2. The minimum Gasteiger partial charge on any atom is -0.463 e. The second-order valence-electron chi connectivity index (χ2n) is 3.04. The Kier molecular flexibility index (Phi) is 1.49. The predicted molar refractivity (Wildman–Crippen MR) is 52.2 cm³/mol. The lowest BCUT2D eigenvalue weighted by Gasteiger charge is -1.94. The summed E-state index contributed by atoms with van der Waals surface area (Å²) in [6.07, 6.45) is 2.96. The highest BCUT2D eigenvalue weighted by Crippen LogP contribution is 2.21. The Bertz CT molecular complexity index is 650. The average Bonchev–Trinajstić information content (AvgIpc) is 2.88. The lowest BCUT2D eigenvalue weighted by molar-refractivity contribution is 0.579. The first-order valence-electron chi connectivity index (χ1n) is 4.32. The molecule has 0 atom stereocenters. The van der Waals surface area contributed by atoms with Gasteiger partial charge >= 0.3 is 0 Å². The fraction of sp³-hybridized carbons (Fsp3) is 0. The van der Waals surface area contributed by atoms with Crippen molar-refractivity contribution in [2.75, 3.05) is 0 Å². The lowest BCUT2D eigenvalue weighted by atomic mass is 10.2. The molecule has 3 aromatic heterocycles. The van der Waals surface area contributed by atoms with Crippen LogP contribution in [0.3, 0.4) is 0 Å². The maximum Gasteiger partial charge on any atom is 0.273 e. The van der Waals surface area contributed by atoms with E-state index in [1.54, 1.807) is 18.4 Å². The van der Waals surface area contributed by atoms with Crippen molar-refractivity contribution in [1.82, 2.24) is 20.4 Å². The van der Waals surface area contributed by atoms with E-state index >= 15 is 0 Å². The van der Waals surface area contributed by atoms with Gasteiger partial charge in [-0.1, -0.05) is 0 Å². The molecule has 3 aromatic rings. The van der Waals surface area contributed by atoms with Crippen LogP contribution in [0.4, 0.5) is 0 Å². The number of rotatable bonds is 1. The number of nitrogens with zero attached hydrogens (tertiary/aromatic N) is 2. The van der Waals surface area contributed by atoms with Gasteiger partial charge in [0, 0.05) is 0 Å². The zero-order chi connectivity index (χ0) is 10.3. The monoisotopic (exact) mass is 202 g/mol. The van der Waals surface area contributed by atoms with Crippen LogP contribution in [0.1, 0.15) is 0 Å². The SMILES string of the molecule is O=c1[nH][nH]c2c(-c3ccco3)nncc12. The van der Waals surface area contributed by atoms with E-state index in [0.717, 1.165) is 0 Å². The third kappa shape index (κ3) is 1.08. The lowest BCUT2D eigenvalue weighted by Crippen LogP contribution is -1.98. The molecule has 0 spiro atoms. The van der Waals surface area contributed by atoms with Crippen LogP contribution in [0.25, 0.3) is 22.4 Å². The number of hydrogen-bond donors (Lipinski definition) is 2. The Hall–Kier alpha value is -2.37. The van der Waals surface area contributed by atoms with Gasteiger partial charge in [0.15, 0.2) is 11.5 Å². The normalized spacial score (nSPS) is 10.9. The van der Waals surface area contributed by atoms with Crippen LogP contribution in [-0.2, 0) is 0 Å². The molecule has 0 aromatic carbocycles. The maximum absolute atomic E-state index is 11.3. The molecule has 15 heavy (non-hydrogen) atoms. The molecule has 2 N–H and O–H groups in total. The van der Waals surface area contributed by atoms with E-state index in [9.17, 15) is 4.79 Å². The van der Waals surface area contributed by atoms with E-state index in [-0.39, 0.29) is 5.56 Å². The zero-order valence-electron chi connectivity index (χ0n) is 7.52. The Morgan fingerprint density at radius 2 is 2.27 bits per heavy atom. The van der Waals surface area contributed by atoms with Crippen molar-refractivity contribution in [3.63, 3.8) is 0 Å². The zero-order valence-corrected chi connectivity index (χ0v) is 7.52. The summed E-state index contributed by atoms with van der Waals surface area (Å²) < 4.78 is 5.20. The Morgan fingerprint density at radius 1 is 1.33 bits per heavy atom. The Balaban J connectivity index is 2.41. The molecule has 0 aliphatic carbocycles. The molecule has 0 aliphatic rings. The molecule has 0 bridgehead atoms. The van der Waals surface area contributed by atoms with Crippen molar-refractivity contribution in [1.29, 1.82) is 0 Å². The molecular formula is C9H6N4O2. The van der Waals surface area contributed by atoms with Crippen molar-refractivity contribution in [2.24, 2.45) is 0 Å². The van der Waals surface area contributed by atoms with Crippen molar-refractivity contribution in [3.05, 3.63) is 34.9 Å². The molecule has 0 unspecified atom stereocenters. The van der Waals surface area contributed by atoms with Crippen molar-refractivity contribution < 1.29 is 4.42 Å². The standard InChI is InChI=1S/C9H6N4O2/c14-9-5-4-10-11-8(7(5)12-13-9)6-2-1-3-15-6/h1-4H,(H2,12,13,14). The van der Waals surface area contributed by atoms with E-state index in [2.05, 4.69) is 20.4 Å². The largest absolute Gasteiger partial charge is 0.463 e. The van der Waals surface area contributed by atoms with E-state index in [1.165, 1.54) is 6.20 Å². The molecular weight excluding hydrogens is 196 g/mol. The number of fused-ring (bicyclic) bond motifs is 1. The van der Waals surface area contributed by atoms with Gasteiger partial charge in [-0.05, 0) is 12.1 Å². The third-order valence-corrected chi connectivity index (χ3v) is 2.15. The van der Waals surface area contributed by atoms with Crippen LogP contribution < -0.4 is 5.56 Å². The highest BCUT2D eigenvalue weighted by Gasteiger charge is 2.11. The molecule has 6 nitrogen and oxygen atoms in total. The van der Waals surface area contributed by atoms with Crippen LogP contribution in [0.15, 0.2) is 33.8 Å². The smallest absolute Gasteiger partial charge is 0.273 e. The summed E-state index contributed by atoms with van der Waals surface area (Å²) in [5, 5.41) is 13.4. The Labute approximate surface area is 82.9 Å². The van der Waals surface area contributed by atoms with Gasteiger partial charge in [0.2, 0.25) is 0 Å². The van der Waals surface area contributed by atoms with Crippen molar-refractivity contribution in [3.8, 4) is 11.5 Å². The second-order valence-corrected chi connectivity index (χ2v) is 3.04. The molecule has 74 valence electrons. The highest BCUT2D eigenvalue weighted by molar-refractivity contribution is 5.88. The molecule has 3 heterocycles. The number of aromatic amines is 2. The van der Waals surface area contributed by atoms with Crippen molar-refractivity contribution >= 4 is 10.9 Å². The van der Waals surface area contributed by atoms with E-state index in [1.807, 2.05) is 0 Å². The summed E-state index contributed by atoms with van der Waals surface area (Å²) in [6, 6.07) is 3.51. The van der Waals surface area contributed by atoms with Gasteiger partial charge in [-0.2, -0.15) is 5.10 Å². The first-order valence-corrected chi connectivity index (χ1v) is 4.32. The topological polar surface area (TPSA) is 87.6 Å². The van der Waals surface area contributed by atoms with Crippen LogP contribution >= 0.6 is 0 Å². The summed E-state index contributed by atoms with van der Waals surface area (Å²) in [5.41, 5.74) is 0.911. The van der Waals surface area contributed by atoms with Gasteiger partial charge in [-0.15, -0.1) is 5.10 Å². The molecule has 0 saturated carbocycles. The number of aromatic nitrogens is 4. The van der Waals surface area contributed by atoms with Gasteiger partial charge < -0.3 is 4.42 Å². The molecule has 0 amide bonds. The summed E-state index contributed by atoms with van der Waals surface area (Å²) >= 11 is 0. The fourth-order valence-electron chi connectivity index (χ4n) is 1.46. The summed E-state index contributed by atoms with van der Waals surface area (Å²) in [4.78, 5) is 11.3. The minimum atomic E-state index is -0.215. The van der Waals surface area contributed by atoms with Crippen LogP contribution in [0, 0.1) is 0 Å². The summed E-state index contributed by atoms with van der Waals surface area (Å²) in [5.74, 6) is 0.573. The first kappa shape index (κ1) is 7.98. The average molecular weight is 202 g/mol. The first-order chi connectivity index (χ1) is 7.36. The fourth-order valence-corrected chi connectivity index (χ4v) is 1.46. The van der Waals surface area contributed by atoms with Crippen LogP contribution in [0.2, 0.25) is 0 Å². The van der Waals surface area contributed by atoms with Gasteiger partial charge in [0.25, 0.3) is 5.56 Å². The van der Waals surface area contributed by atoms with Gasteiger partial charge in [-0.3, -0.25) is 15.0 Å². The van der Waals surface area contributed by atoms with E-state index in [4.69, 9.17) is 4.42 Å². The van der Waals surface area contributed by atoms with E-state index in [0.29, 0.717) is 22.4 Å². The minimum absolute atomic E-state index is 0.215. The van der Waals surface area contributed by atoms with Gasteiger partial charge in [-0.25, -0.2) is 0 Å². The summed E-state index contributed by atoms with van der Waals surface area (Å²) in [6.45, 7) is 0. The van der Waals surface area contributed by atoms with Crippen molar-refractivity contribution in [2.45, 2.75) is 0 Å². The molecule has 0 aliphatic heterocycles. The molecule has 0 fully saturated rings.